The van der Waals surface area contributed by atoms with Crippen LogP contribution in [0.3, 0.4) is 0 Å². The monoisotopic (exact) mass is 539 g/mol. The fourth-order valence-electron chi connectivity index (χ4n) is 5.58. The van der Waals surface area contributed by atoms with E-state index in [1.54, 1.807) is 13.8 Å². The van der Waals surface area contributed by atoms with Crippen molar-refractivity contribution >= 4 is 29.0 Å². The summed E-state index contributed by atoms with van der Waals surface area (Å²) >= 11 is 1.25. The number of rotatable bonds is 8. The third-order valence-electron chi connectivity index (χ3n) is 7.92. The van der Waals surface area contributed by atoms with Gasteiger partial charge >= 0.3 is 0 Å². The van der Waals surface area contributed by atoms with Crippen LogP contribution in [0.1, 0.15) is 117 Å². The van der Waals surface area contributed by atoms with Crippen LogP contribution in [0.5, 0.6) is 0 Å². The highest BCUT2D eigenvalue weighted by Crippen LogP contribution is 2.47. The predicted molar refractivity (Wildman–Crippen MR) is 151 cm³/mol. The van der Waals surface area contributed by atoms with E-state index in [-0.39, 0.29) is 29.4 Å². The first kappa shape index (κ1) is 27.1. The average Bonchev–Trinajstić information content (AvgIpc) is 3.65. The molecule has 5 rings (SSSR count). The van der Waals surface area contributed by atoms with Crippen molar-refractivity contribution in [3.63, 3.8) is 0 Å². The summed E-state index contributed by atoms with van der Waals surface area (Å²) in [7, 11) is 0. The van der Waals surface area contributed by atoms with Crippen LogP contribution in [0.25, 0.3) is 10.4 Å². The molecule has 8 nitrogen and oxygen atoms in total. The summed E-state index contributed by atoms with van der Waals surface area (Å²) in [5.74, 6) is 0.843. The van der Waals surface area contributed by atoms with Gasteiger partial charge in [-0.1, -0.05) is 19.3 Å². The van der Waals surface area contributed by atoms with Gasteiger partial charge in [0.15, 0.2) is 5.01 Å². The van der Waals surface area contributed by atoms with E-state index < -0.39 is 5.60 Å². The molecule has 1 aliphatic heterocycles. The van der Waals surface area contributed by atoms with Gasteiger partial charge in [0.2, 0.25) is 0 Å². The van der Waals surface area contributed by atoms with Crippen molar-refractivity contribution in [2.45, 2.75) is 109 Å². The number of nitrogens with one attached hydrogen (secondary N) is 2. The van der Waals surface area contributed by atoms with Gasteiger partial charge in [-0.3, -0.25) is 9.59 Å². The Hall–Kier alpha value is -2.52. The number of nitrogens with zero attached hydrogens (tertiary/aromatic N) is 3. The Morgan fingerprint density at radius 3 is 2.53 bits per heavy atom. The third-order valence-corrected chi connectivity index (χ3v) is 9.01. The molecule has 1 atom stereocenters. The third kappa shape index (κ3) is 6.37. The fraction of sp³-hybridized carbons (Fsp3) is 0.655. The number of carbonyl (C=O) groups is 2. The fourth-order valence-corrected chi connectivity index (χ4v) is 6.59. The zero-order chi connectivity index (χ0) is 26.9. The molecule has 3 N–H and O–H groups in total. The maximum atomic E-state index is 13.8. The molecule has 3 heterocycles. The normalized spacial score (nSPS) is 20.8. The van der Waals surface area contributed by atoms with E-state index in [1.165, 1.54) is 49.0 Å². The highest BCUT2D eigenvalue weighted by atomic mass is 32.1. The van der Waals surface area contributed by atoms with Crippen molar-refractivity contribution in [2.24, 2.45) is 0 Å². The number of pyridine rings is 1. The highest BCUT2D eigenvalue weighted by molar-refractivity contribution is 7.17. The van der Waals surface area contributed by atoms with Crippen LogP contribution in [0, 0.1) is 0 Å². The van der Waals surface area contributed by atoms with E-state index in [1.807, 2.05) is 11.1 Å². The largest absolute Gasteiger partial charge is 0.389 e. The second-order valence-corrected chi connectivity index (χ2v) is 12.9. The molecule has 2 aromatic rings. The van der Waals surface area contributed by atoms with Crippen molar-refractivity contribution in [1.82, 2.24) is 20.2 Å². The summed E-state index contributed by atoms with van der Waals surface area (Å²) < 4.78 is 0. The quantitative estimate of drug-likeness (QED) is 0.418. The van der Waals surface area contributed by atoms with Crippen LogP contribution in [0.4, 0.5) is 5.82 Å². The zero-order valence-electron chi connectivity index (χ0n) is 22.9. The number of likely N-dealkylation sites (tertiary alicyclic amines) is 1. The number of carbonyl (C=O) groups excluding carboxylic acids is 2. The van der Waals surface area contributed by atoms with Crippen molar-refractivity contribution < 1.29 is 14.7 Å². The summed E-state index contributed by atoms with van der Waals surface area (Å²) in [6, 6.07) is 2.76. The van der Waals surface area contributed by atoms with Crippen LogP contribution in [-0.2, 0) is 0 Å². The molecule has 206 valence electrons. The molecule has 2 aliphatic carbocycles. The smallest absolute Gasteiger partial charge is 0.280 e. The molecule has 2 amide bonds. The molecule has 9 heteroatoms. The molecular weight excluding hydrogens is 498 g/mol. The van der Waals surface area contributed by atoms with E-state index in [9.17, 15) is 14.7 Å². The van der Waals surface area contributed by atoms with Gasteiger partial charge in [0, 0.05) is 36.9 Å². The van der Waals surface area contributed by atoms with Gasteiger partial charge in [-0.25, -0.2) is 9.97 Å². The Morgan fingerprint density at radius 1 is 1.11 bits per heavy atom. The second kappa shape index (κ2) is 11.3. The lowest BCUT2D eigenvalue weighted by molar-refractivity contribution is 0.0630. The van der Waals surface area contributed by atoms with E-state index >= 15 is 0 Å². The Morgan fingerprint density at radius 2 is 1.84 bits per heavy atom. The van der Waals surface area contributed by atoms with Crippen molar-refractivity contribution in [2.75, 3.05) is 18.4 Å². The van der Waals surface area contributed by atoms with Crippen LogP contribution in [0.2, 0.25) is 0 Å². The lowest BCUT2D eigenvalue weighted by atomic mass is 9.95. The summed E-state index contributed by atoms with van der Waals surface area (Å²) in [4.78, 5) is 38.9. The number of hydrogen-bond donors (Lipinski definition) is 3. The van der Waals surface area contributed by atoms with E-state index in [4.69, 9.17) is 4.98 Å². The van der Waals surface area contributed by atoms with Gasteiger partial charge in [-0.05, 0) is 83.3 Å². The Kier molecular flexibility index (Phi) is 8.05. The average molecular weight is 540 g/mol. The molecular formula is C29H41N5O3S. The molecule has 3 aliphatic rings. The lowest BCUT2D eigenvalue weighted by Gasteiger charge is -2.33. The molecule has 0 unspecified atom stereocenters. The van der Waals surface area contributed by atoms with Gasteiger partial charge in [-0.2, -0.15) is 0 Å². The van der Waals surface area contributed by atoms with Gasteiger partial charge in [0.05, 0.1) is 10.5 Å². The number of anilines is 1. The summed E-state index contributed by atoms with van der Waals surface area (Å²) in [6.07, 6.45) is 13.3. The second-order valence-electron chi connectivity index (χ2n) is 11.9. The van der Waals surface area contributed by atoms with Crippen LogP contribution in [0.15, 0.2) is 12.3 Å². The number of aromatic nitrogens is 2. The highest BCUT2D eigenvalue weighted by Gasteiger charge is 2.34. The molecule has 38 heavy (non-hydrogen) atoms. The first-order valence-electron chi connectivity index (χ1n) is 14.3. The molecule has 0 spiro atoms. The van der Waals surface area contributed by atoms with E-state index in [2.05, 4.69) is 28.6 Å². The topological polar surface area (TPSA) is 107 Å². The maximum absolute atomic E-state index is 13.8. The first-order valence-corrected chi connectivity index (χ1v) is 15.1. The lowest BCUT2D eigenvalue weighted by Crippen LogP contribution is -2.42. The minimum atomic E-state index is -1.04. The van der Waals surface area contributed by atoms with Crippen molar-refractivity contribution in [3.8, 4) is 10.4 Å². The number of hydrogen-bond acceptors (Lipinski definition) is 7. The molecule has 1 saturated heterocycles. The molecule has 0 aromatic carbocycles. The van der Waals surface area contributed by atoms with Gasteiger partial charge < -0.3 is 20.6 Å². The molecule has 2 saturated carbocycles. The van der Waals surface area contributed by atoms with Crippen molar-refractivity contribution in [1.29, 1.82) is 0 Å². The van der Waals surface area contributed by atoms with Crippen LogP contribution >= 0.6 is 11.3 Å². The number of amides is 2. The predicted octanol–water partition coefficient (Wildman–Crippen LogP) is 5.34. The maximum Gasteiger partial charge on any atom is 0.280 e. The number of piperidine rings is 1. The summed E-state index contributed by atoms with van der Waals surface area (Å²) in [6.45, 7) is 6.18. The number of aliphatic hydroxyl groups is 1. The van der Waals surface area contributed by atoms with Crippen molar-refractivity contribution in [3.05, 3.63) is 28.5 Å². The Bertz CT molecular complexity index is 1160. The summed E-state index contributed by atoms with van der Waals surface area (Å²) in [5, 5.41) is 16.7. The molecule has 2 aromatic heterocycles. The minimum absolute atomic E-state index is 0.101. The minimum Gasteiger partial charge on any atom is -0.389 e. The first-order chi connectivity index (χ1) is 18.2. The molecule has 3 fully saturated rings. The Labute approximate surface area is 229 Å². The SMILES string of the molecule is C[C@H]1CCCCN1C(=O)c1nc(C(=O)NCC(C)(C)O)sc1-c1cnc(NC2CCCCC2)cc1C1CC1. The van der Waals surface area contributed by atoms with Gasteiger partial charge in [-0.15, -0.1) is 11.3 Å². The summed E-state index contributed by atoms with van der Waals surface area (Å²) in [5.41, 5.74) is 1.40. The van der Waals surface area contributed by atoms with Crippen LogP contribution in [-0.4, -0.2) is 62.6 Å². The van der Waals surface area contributed by atoms with Crippen LogP contribution < -0.4 is 10.6 Å². The molecule has 0 radical (unpaired) electrons. The van der Waals surface area contributed by atoms with E-state index in [0.717, 1.165) is 48.4 Å². The number of thiazole rings is 1. The standard InChI is InChI=1S/C29H41N5O3S/c1-18-9-7-8-14-34(18)28(36)24-25(38-27(33-24)26(35)31-17-29(2,3)37)22-16-30-23(15-21(22)19-12-13-19)32-20-10-5-4-6-11-20/h15-16,18-20,37H,4-14,17H2,1-3H3,(H,30,32)(H,31,35)/t18-/m0/s1. The Balaban J connectivity index is 1.50. The van der Waals surface area contributed by atoms with Gasteiger partial charge in [0.25, 0.3) is 11.8 Å². The van der Waals surface area contributed by atoms with E-state index in [0.29, 0.717) is 24.2 Å². The zero-order valence-corrected chi connectivity index (χ0v) is 23.7. The molecule has 0 bridgehead atoms. The van der Waals surface area contributed by atoms with Gasteiger partial charge in [0.1, 0.15) is 11.5 Å².